The molecule has 4 aliphatic rings. The van der Waals surface area contributed by atoms with E-state index in [4.69, 9.17) is 9.47 Å². The van der Waals surface area contributed by atoms with Crippen LogP contribution in [0.5, 0.6) is 17.4 Å². The highest BCUT2D eigenvalue weighted by molar-refractivity contribution is 5.72. The Hall–Kier alpha value is -3.60. The van der Waals surface area contributed by atoms with Gasteiger partial charge in [0.2, 0.25) is 0 Å². The molecule has 1 aliphatic carbocycles. The zero-order chi connectivity index (χ0) is 26.8. The Morgan fingerprint density at radius 1 is 1.05 bits per heavy atom. The second-order valence-corrected chi connectivity index (χ2v) is 11.7. The van der Waals surface area contributed by atoms with Crippen molar-refractivity contribution in [2.75, 3.05) is 18.1 Å². The van der Waals surface area contributed by atoms with Crippen molar-refractivity contribution in [3.05, 3.63) is 30.5 Å². The van der Waals surface area contributed by atoms with Gasteiger partial charge in [0.05, 0.1) is 23.5 Å². The summed E-state index contributed by atoms with van der Waals surface area (Å²) in [6.45, 7) is 5.11. The van der Waals surface area contributed by atoms with Crippen LogP contribution in [0.2, 0.25) is 0 Å². The molecule has 5 heterocycles. The molecule has 11 heteroatoms. The zero-order valence-corrected chi connectivity index (χ0v) is 22.1. The van der Waals surface area contributed by atoms with Gasteiger partial charge in [0.15, 0.2) is 17.4 Å². The first-order valence-electron chi connectivity index (χ1n) is 13.7. The van der Waals surface area contributed by atoms with E-state index in [0.29, 0.717) is 59.7 Å². The first-order valence-corrected chi connectivity index (χ1v) is 13.7. The van der Waals surface area contributed by atoms with Gasteiger partial charge in [-0.1, -0.05) is 6.07 Å². The Bertz CT molecular complexity index is 1400. The van der Waals surface area contributed by atoms with Crippen molar-refractivity contribution in [3.63, 3.8) is 0 Å². The second-order valence-electron chi connectivity index (χ2n) is 11.7. The van der Waals surface area contributed by atoms with Gasteiger partial charge in [-0.15, -0.1) is 20.4 Å². The van der Waals surface area contributed by atoms with Crippen molar-refractivity contribution in [2.24, 2.45) is 0 Å². The lowest BCUT2D eigenvalue weighted by atomic mass is 9.68. The van der Waals surface area contributed by atoms with Crippen LogP contribution in [0.4, 0.5) is 10.2 Å². The second kappa shape index (κ2) is 8.97. The molecule has 2 bridgehead atoms. The molecule has 4 atom stereocenters. The van der Waals surface area contributed by atoms with Gasteiger partial charge in [0, 0.05) is 28.7 Å². The van der Waals surface area contributed by atoms with Gasteiger partial charge < -0.3 is 24.8 Å². The minimum atomic E-state index is -1.02. The average Bonchev–Trinajstić information content (AvgIpc) is 3.77. The molecular weight excluding hydrogens is 501 g/mol. The Kier molecular flexibility index (Phi) is 5.62. The number of phenols is 1. The van der Waals surface area contributed by atoms with Crippen LogP contribution in [0.3, 0.4) is 0 Å². The maximum Gasteiger partial charge on any atom is 0.276 e. The van der Waals surface area contributed by atoms with Crippen molar-refractivity contribution in [1.82, 2.24) is 30.7 Å². The summed E-state index contributed by atoms with van der Waals surface area (Å²) in [5.74, 6) is 1.76. The fourth-order valence-corrected chi connectivity index (χ4v) is 6.62. The number of alkyl halides is 1. The summed E-state index contributed by atoms with van der Waals surface area (Å²) in [5, 5.41) is 31.6. The molecule has 0 unspecified atom stereocenters. The molecule has 2 aromatic heterocycles. The molecule has 1 aromatic carbocycles. The lowest BCUT2D eigenvalue weighted by Crippen LogP contribution is -2.73. The monoisotopic (exact) mass is 533 g/mol. The summed E-state index contributed by atoms with van der Waals surface area (Å²) in [7, 11) is 0. The quantitative estimate of drug-likeness (QED) is 0.501. The summed E-state index contributed by atoms with van der Waals surface area (Å²) >= 11 is 0. The molecule has 3 fully saturated rings. The standard InChI is InChI=1S/C28H32FN7O3/c1-27-8-3-9-28(2,35-27)24(29)20(14-27)36(17-5-6-17)23-15-30-25(33-32-23)18-7-4-16(12-21(18)37)19-13-22-26(34-31-19)39-11-10-38-22/h4,7,12-13,15,17,20,24,35,37H,3,5-6,8-11,14H2,1-2H3/t20-,24-,27-,28+/m0/s1. The number of nitrogens with one attached hydrogen (secondary N) is 1. The molecule has 3 aromatic rings. The number of phenolic OH excluding ortho intramolecular Hbond substituents is 1. The van der Waals surface area contributed by atoms with Crippen molar-refractivity contribution < 1.29 is 19.0 Å². The molecule has 39 heavy (non-hydrogen) atoms. The molecule has 0 radical (unpaired) electrons. The number of piperidine rings is 2. The number of anilines is 1. The first-order chi connectivity index (χ1) is 18.8. The number of aromatic nitrogens is 5. The van der Waals surface area contributed by atoms with E-state index in [2.05, 4.69) is 42.5 Å². The Labute approximate surface area is 226 Å². The van der Waals surface area contributed by atoms with E-state index in [1.54, 1.807) is 24.4 Å². The minimum absolute atomic E-state index is 0.00589. The molecule has 7 rings (SSSR count). The van der Waals surface area contributed by atoms with Gasteiger partial charge in [-0.3, -0.25) is 0 Å². The number of hydrogen-bond acceptors (Lipinski definition) is 10. The van der Waals surface area contributed by atoms with Crippen molar-refractivity contribution >= 4 is 5.82 Å². The number of halogens is 1. The zero-order valence-electron chi connectivity index (χ0n) is 22.1. The number of benzene rings is 1. The third-order valence-electron chi connectivity index (χ3n) is 8.57. The minimum Gasteiger partial charge on any atom is -0.507 e. The van der Waals surface area contributed by atoms with Crippen LogP contribution in [-0.4, -0.2) is 73.0 Å². The molecule has 204 valence electrons. The van der Waals surface area contributed by atoms with Crippen LogP contribution in [0.1, 0.15) is 52.4 Å². The summed E-state index contributed by atoms with van der Waals surface area (Å²) in [5.41, 5.74) is 1.02. The van der Waals surface area contributed by atoms with Crippen LogP contribution in [0, 0.1) is 0 Å². The van der Waals surface area contributed by atoms with E-state index in [1.165, 1.54) is 0 Å². The van der Waals surface area contributed by atoms with Crippen LogP contribution < -0.4 is 19.7 Å². The van der Waals surface area contributed by atoms with E-state index in [9.17, 15) is 5.11 Å². The van der Waals surface area contributed by atoms with Crippen LogP contribution in [0.25, 0.3) is 22.6 Å². The van der Waals surface area contributed by atoms with Gasteiger partial charge in [0.1, 0.15) is 25.1 Å². The SMILES string of the molecule is C[C@@]12CCC[C@@](C)(N1)[C@@H](F)[C@@H](N(c1cnc(-c3ccc(-c4cc5c(nn4)OCCO5)cc3O)nn1)C1CC1)C2. The third-order valence-corrected chi connectivity index (χ3v) is 8.57. The maximum absolute atomic E-state index is 16.0. The first kappa shape index (κ1) is 24.4. The van der Waals surface area contributed by atoms with E-state index in [-0.39, 0.29) is 23.4 Å². The normalized spacial score (nSPS) is 29.6. The molecular formula is C28H32FN7O3. The molecule has 0 spiro atoms. The fourth-order valence-electron chi connectivity index (χ4n) is 6.62. The Balaban J connectivity index is 1.15. The number of rotatable bonds is 5. The van der Waals surface area contributed by atoms with E-state index >= 15 is 4.39 Å². The molecule has 1 saturated carbocycles. The summed E-state index contributed by atoms with van der Waals surface area (Å²) in [6.07, 6.45) is 6.29. The van der Waals surface area contributed by atoms with E-state index in [0.717, 1.165) is 32.1 Å². The number of nitrogens with zero attached hydrogens (tertiary/aromatic N) is 6. The number of aromatic hydroxyl groups is 1. The predicted octanol–water partition coefficient (Wildman–Crippen LogP) is 3.84. The number of fused-ring (bicyclic) bond motifs is 3. The smallest absolute Gasteiger partial charge is 0.276 e. The van der Waals surface area contributed by atoms with E-state index < -0.39 is 11.7 Å². The highest BCUT2D eigenvalue weighted by atomic mass is 19.1. The lowest BCUT2D eigenvalue weighted by Gasteiger charge is -2.57. The Morgan fingerprint density at radius 3 is 2.67 bits per heavy atom. The fraction of sp³-hybridized carbons (Fsp3) is 0.536. The Morgan fingerprint density at radius 2 is 1.90 bits per heavy atom. The topological polar surface area (TPSA) is 118 Å². The molecule has 10 nitrogen and oxygen atoms in total. The van der Waals surface area contributed by atoms with Gasteiger partial charge >= 0.3 is 0 Å². The molecule has 0 amide bonds. The average molecular weight is 534 g/mol. The van der Waals surface area contributed by atoms with Crippen LogP contribution >= 0.6 is 0 Å². The lowest BCUT2D eigenvalue weighted by molar-refractivity contribution is 0.000258. The van der Waals surface area contributed by atoms with Gasteiger partial charge in [-0.2, -0.15) is 0 Å². The maximum atomic E-state index is 16.0. The third kappa shape index (κ3) is 4.32. The van der Waals surface area contributed by atoms with Crippen molar-refractivity contribution in [2.45, 2.75) is 81.7 Å². The molecule has 3 aliphatic heterocycles. The van der Waals surface area contributed by atoms with Crippen molar-refractivity contribution in [1.29, 1.82) is 0 Å². The summed E-state index contributed by atoms with van der Waals surface area (Å²) < 4.78 is 27.1. The number of ether oxygens (including phenoxy) is 2. The van der Waals surface area contributed by atoms with E-state index in [1.807, 2.05) is 13.0 Å². The van der Waals surface area contributed by atoms with Gasteiger partial charge in [0.25, 0.3) is 5.88 Å². The number of hydrogen-bond donors (Lipinski definition) is 2. The highest BCUT2D eigenvalue weighted by Crippen LogP contribution is 2.46. The molecule has 2 N–H and O–H groups in total. The van der Waals surface area contributed by atoms with Crippen LogP contribution in [-0.2, 0) is 0 Å². The molecule has 2 saturated heterocycles. The summed E-state index contributed by atoms with van der Waals surface area (Å²) in [6, 6.07) is 6.84. The highest BCUT2D eigenvalue weighted by Gasteiger charge is 2.55. The summed E-state index contributed by atoms with van der Waals surface area (Å²) in [4.78, 5) is 6.68. The van der Waals surface area contributed by atoms with Gasteiger partial charge in [-0.25, -0.2) is 9.37 Å². The van der Waals surface area contributed by atoms with Crippen LogP contribution in [0.15, 0.2) is 30.5 Å². The predicted molar refractivity (Wildman–Crippen MR) is 142 cm³/mol. The van der Waals surface area contributed by atoms with Gasteiger partial charge in [-0.05, 0) is 64.5 Å². The largest absolute Gasteiger partial charge is 0.507 e. The van der Waals surface area contributed by atoms with Crippen molar-refractivity contribution in [3.8, 4) is 40.0 Å².